The third kappa shape index (κ3) is 1.92. The molecule has 6 heteroatoms. The summed E-state index contributed by atoms with van der Waals surface area (Å²) in [4.78, 5) is 0. The zero-order valence-electron chi connectivity index (χ0n) is 10.6. The first-order valence-corrected chi connectivity index (χ1v) is 8.46. The average Bonchev–Trinajstić information content (AvgIpc) is 2.43. The molecule has 0 unspecified atom stereocenters. The van der Waals surface area contributed by atoms with Gasteiger partial charge in [0, 0.05) is 42.4 Å². The van der Waals surface area contributed by atoms with Crippen molar-refractivity contribution in [3.63, 3.8) is 0 Å². The minimum atomic E-state index is 0.476. The smallest absolute Gasteiger partial charge is 0.0514 e. The van der Waals surface area contributed by atoms with Gasteiger partial charge in [0.1, 0.15) is 0 Å². The molecule has 0 spiro atoms. The van der Waals surface area contributed by atoms with E-state index < -0.39 is 0 Å². The van der Waals surface area contributed by atoms with Gasteiger partial charge in [-0.2, -0.15) is 0 Å². The first kappa shape index (κ1) is 15.2. The zero-order valence-corrected chi connectivity index (χ0v) is 15.1. The largest absolute Gasteiger partial charge is 0.0836 e. The van der Waals surface area contributed by atoms with Gasteiger partial charge in [0.2, 0.25) is 0 Å². The highest BCUT2D eigenvalue weighted by atomic mass is 35.5. The van der Waals surface area contributed by atoms with E-state index in [1.54, 1.807) is 24.3 Å². The van der Waals surface area contributed by atoms with Crippen LogP contribution in [0, 0.1) is 0 Å². The van der Waals surface area contributed by atoms with Crippen LogP contribution in [-0.4, -0.2) is 0 Å². The van der Waals surface area contributed by atoms with Crippen molar-refractivity contribution in [2.24, 2.45) is 0 Å². The van der Waals surface area contributed by atoms with Gasteiger partial charge >= 0.3 is 0 Å². The van der Waals surface area contributed by atoms with E-state index in [4.69, 9.17) is 69.6 Å². The van der Waals surface area contributed by atoms with Crippen LogP contribution in [0.3, 0.4) is 0 Å². The standard InChI is InChI=1S/C16H4Cl6/c17-7-3-12(22)16-10(20)2-6-8(18)4-11(21)15-9(19)1-5(7)13(16)14(6)15/h1-4H. The predicted octanol–water partition coefficient (Wildman–Crippen LogP) is 8.50. The molecule has 0 aliphatic heterocycles. The van der Waals surface area contributed by atoms with Crippen LogP contribution in [0.4, 0.5) is 0 Å². The van der Waals surface area contributed by atoms with Crippen molar-refractivity contribution in [3.05, 3.63) is 54.4 Å². The number of halogens is 6. The van der Waals surface area contributed by atoms with Gasteiger partial charge in [-0.05, 0) is 24.3 Å². The molecule has 22 heavy (non-hydrogen) atoms. The third-order valence-corrected chi connectivity index (χ3v) is 5.63. The molecule has 0 aromatic heterocycles. The van der Waals surface area contributed by atoms with Crippen LogP contribution in [-0.2, 0) is 0 Å². The van der Waals surface area contributed by atoms with E-state index >= 15 is 0 Å². The summed E-state index contributed by atoms with van der Waals surface area (Å²) in [5.74, 6) is 0. The Balaban J connectivity index is 2.53. The Labute approximate surface area is 155 Å². The SMILES string of the molecule is Clc1cc(Cl)c2c(Cl)cc3c(Cl)cc(Cl)c4c(Cl)cc1c2c34. The molecule has 0 heterocycles. The van der Waals surface area contributed by atoms with E-state index in [1.165, 1.54) is 0 Å². The first-order valence-electron chi connectivity index (χ1n) is 6.19. The van der Waals surface area contributed by atoms with E-state index in [0.717, 1.165) is 32.3 Å². The Kier molecular flexibility index (Phi) is 3.51. The Morgan fingerprint density at radius 3 is 1.05 bits per heavy atom. The van der Waals surface area contributed by atoms with Gasteiger partial charge < -0.3 is 0 Å². The van der Waals surface area contributed by atoms with Crippen molar-refractivity contribution in [1.82, 2.24) is 0 Å². The lowest BCUT2D eigenvalue weighted by molar-refractivity contribution is 1.77. The maximum Gasteiger partial charge on any atom is 0.0514 e. The molecular weight excluding hydrogens is 405 g/mol. The predicted molar refractivity (Wildman–Crippen MR) is 100 cm³/mol. The summed E-state index contributed by atoms with van der Waals surface area (Å²) in [6.07, 6.45) is 0. The van der Waals surface area contributed by atoms with E-state index in [0.29, 0.717) is 30.1 Å². The highest BCUT2D eigenvalue weighted by Crippen LogP contribution is 2.49. The fourth-order valence-electron chi connectivity index (χ4n) is 2.94. The van der Waals surface area contributed by atoms with Crippen LogP contribution in [0.5, 0.6) is 0 Å². The van der Waals surface area contributed by atoms with Gasteiger partial charge in [-0.15, -0.1) is 0 Å². The molecule has 0 radical (unpaired) electrons. The summed E-state index contributed by atoms with van der Waals surface area (Å²) in [5.41, 5.74) is 0. The zero-order chi connectivity index (χ0) is 15.8. The lowest BCUT2D eigenvalue weighted by atomic mass is 9.94. The Morgan fingerprint density at radius 2 is 0.682 bits per heavy atom. The van der Waals surface area contributed by atoms with Crippen LogP contribution in [0.2, 0.25) is 30.1 Å². The topological polar surface area (TPSA) is 0 Å². The third-order valence-electron chi connectivity index (χ3n) is 3.81. The molecule has 110 valence electrons. The minimum Gasteiger partial charge on any atom is -0.0836 e. The van der Waals surface area contributed by atoms with Gasteiger partial charge in [-0.25, -0.2) is 0 Å². The van der Waals surface area contributed by atoms with Gasteiger partial charge in [-0.1, -0.05) is 69.6 Å². The van der Waals surface area contributed by atoms with E-state index in [1.807, 2.05) is 0 Å². The molecule has 0 nitrogen and oxygen atoms in total. The fraction of sp³-hybridized carbons (Fsp3) is 0. The Bertz CT molecular complexity index is 996. The summed E-state index contributed by atoms with van der Waals surface area (Å²) in [5, 5.41) is 7.58. The molecule has 0 fully saturated rings. The second kappa shape index (κ2) is 5.08. The molecule has 0 saturated heterocycles. The summed E-state index contributed by atoms with van der Waals surface area (Å²) >= 11 is 38.2. The van der Waals surface area contributed by atoms with Crippen molar-refractivity contribution < 1.29 is 0 Å². The van der Waals surface area contributed by atoms with Crippen LogP contribution in [0.1, 0.15) is 0 Å². The van der Waals surface area contributed by atoms with Crippen molar-refractivity contribution >= 4 is 102 Å². The van der Waals surface area contributed by atoms with E-state index in [-0.39, 0.29) is 0 Å². The molecule has 0 aliphatic rings. The van der Waals surface area contributed by atoms with Gasteiger partial charge in [-0.3, -0.25) is 0 Å². The summed E-state index contributed by atoms with van der Waals surface area (Å²) in [6.45, 7) is 0. The fourth-order valence-corrected chi connectivity index (χ4v) is 4.88. The van der Waals surface area contributed by atoms with Gasteiger partial charge in [0.05, 0.1) is 20.1 Å². The summed E-state index contributed by atoms with van der Waals surface area (Å²) in [7, 11) is 0. The van der Waals surface area contributed by atoms with Crippen molar-refractivity contribution in [3.8, 4) is 0 Å². The highest BCUT2D eigenvalue weighted by molar-refractivity contribution is 6.54. The number of rotatable bonds is 0. The highest BCUT2D eigenvalue weighted by Gasteiger charge is 2.21. The molecule has 0 bridgehead atoms. The molecule has 0 atom stereocenters. The summed E-state index contributed by atoms with van der Waals surface area (Å²) < 4.78 is 0. The minimum absolute atomic E-state index is 0.476. The molecular formula is C16H4Cl6. The second-order valence-electron chi connectivity index (χ2n) is 4.99. The van der Waals surface area contributed by atoms with Crippen LogP contribution in [0.25, 0.3) is 32.3 Å². The second-order valence-corrected chi connectivity index (χ2v) is 7.44. The lowest BCUT2D eigenvalue weighted by Crippen LogP contribution is -1.89. The van der Waals surface area contributed by atoms with E-state index in [9.17, 15) is 0 Å². The van der Waals surface area contributed by atoms with Gasteiger partial charge in [0.15, 0.2) is 0 Å². The average molecular weight is 409 g/mol. The van der Waals surface area contributed by atoms with Crippen LogP contribution in [0.15, 0.2) is 24.3 Å². The van der Waals surface area contributed by atoms with E-state index in [2.05, 4.69) is 0 Å². The molecule has 0 aliphatic carbocycles. The lowest BCUT2D eigenvalue weighted by Gasteiger charge is -2.17. The molecule has 4 rings (SSSR count). The number of hydrogen-bond donors (Lipinski definition) is 0. The normalized spacial score (nSPS) is 12.1. The van der Waals surface area contributed by atoms with Crippen molar-refractivity contribution in [1.29, 1.82) is 0 Å². The van der Waals surface area contributed by atoms with Crippen LogP contribution >= 0.6 is 69.6 Å². The van der Waals surface area contributed by atoms with Gasteiger partial charge in [0.25, 0.3) is 0 Å². The monoisotopic (exact) mass is 406 g/mol. The number of hydrogen-bond acceptors (Lipinski definition) is 0. The first-order chi connectivity index (χ1) is 10.4. The molecule has 0 N–H and O–H groups in total. The maximum atomic E-state index is 6.42. The van der Waals surface area contributed by atoms with Crippen LogP contribution < -0.4 is 0 Å². The quantitative estimate of drug-likeness (QED) is 0.256. The van der Waals surface area contributed by atoms with Crippen molar-refractivity contribution in [2.45, 2.75) is 0 Å². The number of benzene rings is 4. The summed E-state index contributed by atoms with van der Waals surface area (Å²) in [6, 6.07) is 6.88. The maximum absolute atomic E-state index is 6.42. The Morgan fingerprint density at radius 1 is 0.364 bits per heavy atom. The molecule has 0 amide bonds. The molecule has 4 aromatic carbocycles. The Hall–Kier alpha value is -0.340. The van der Waals surface area contributed by atoms with Crippen molar-refractivity contribution in [2.75, 3.05) is 0 Å². The molecule has 0 saturated carbocycles. The molecule has 4 aromatic rings.